The molecule has 2 fully saturated rings. The van der Waals surface area contributed by atoms with Crippen molar-refractivity contribution in [2.75, 3.05) is 88.5 Å². The Morgan fingerprint density at radius 1 is 0.414 bits per heavy atom. The number of benzene rings is 6. The van der Waals surface area contributed by atoms with Gasteiger partial charge in [0.15, 0.2) is 0 Å². The SMILES string of the molecule is Cc1cc(C(=O)N2Cc3ccc(C(=O)N4CCN(CCOCCN5CCN(C(=O)c6ccc7n6Cc6ccccc6N(C(=O)c6ccc(-c8ccccc8C(F)(F)F)c(C)c6)C7)CC5)CC4)n3Cc3ccccc32)ccc1-c1ccccc1C(F)(F)F. The van der Waals surface area contributed by atoms with Crippen molar-refractivity contribution in [3.8, 4) is 22.3 Å². The number of amides is 4. The van der Waals surface area contributed by atoms with Gasteiger partial charge < -0.3 is 33.5 Å². The normalized spacial score (nSPS) is 15.7. The van der Waals surface area contributed by atoms with Gasteiger partial charge in [-0.25, -0.2) is 0 Å². The third kappa shape index (κ3) is 11.9. The van der Waals surface area contributed by atoms with Gasteiger partial charge in [-0.05, 0) is 131 Å². The first-order chi connectivity index (χ1) is 41.9. The molecule has 0 bridgehead atoms. The molecular formula is C68H64F6N8O5. The first kappa shape index (κ1) is 58.6. The summed E-state index contributed by atoms with van der Waals surface area (Å²) in [6, 6.07) is 43.0. The first-order valence-electron chi connectivity index (χ1n) is 29.2. The fourth-order valence-corrected chi connectivity index (χ4v) is 12.7. The summed E-state index contributed by atoms with van der Waals surface area (Å²) >= 11 is 0. The second-order valence-electron chi connectivity index (χ2n) is 22.7. The molecule has 13 nitrogen and oxygen atoms in total. The number of nitrogens with zero attached hydrogens (tertiary/aromatic N) is 8. The van der Waals surface area contributed by atoms with Gasteiger partial charge in [0, 0.05) is 99.3 Å². The molecule has 6 heterocycles. The molecule has 4 aliphatic heterocycles. The van der Waals surface area contributed by atoms with Crippen molar-refractivity contribution in [3.05, 3.63) is 225 Å². The molecular weight excluding hydrogens is 1120 g/mol. The van der Waals surface area contributed by atoms with Crippen molar-refractivity contribution < 1.29 is 50.3 Å². The number of alkyl halides is 6. The third-order valence-electron chi connectivity index (χ3n) is 17.3. The standard InChI is InChI=1S/C68H64F6N8O5/c1-45-39-47(19-23-53(45)55-13-5-7-15-57(55)67(69,70)71)63(83)81-43-51-21-25-61(79(51)41-49-11-3-9-17-59(49)81)65(85)77-31-27-75(28-32-77)35-37-87-38-36-76-29-33-78(34-30-76)66(86)62-26-22-52-44-82(60-18-10-4-12-50(60)42-80(52)62)64(84)48-20-24-54(46(2)40-48)56-14-6-8-16-58(56)68(72,73)74/h3-26,39-40H,27-38,41-44H2,1-2H3. The van der Waals surface area contributed by atoms with Crippen LogP contribution in [0.2, 0.25) is 0 Å². The number of carbonyl (C=O) groups excluding carboxylic acids is 4. The molecule has 0 N–H and O–H groups in total. The summed E-state index contributed by atoms with van der Waals surface area (Å²) in [7, 11) is 0. The van der Waals surface area contributed by atoms with Gasteiger partial charge in [-0.1, -0.05) is 84.9 Å². The number of anilines is 2. The number of para-hydroxylation sites is 2. The molecule has 4 amide bonds. The Hall–Kier alpha value is -8.78. The zero-order valence-corrected chi connectivity index (χ0v) is 48.2. The predicted octanol–water partition coefficient (Wildman–Crippen LogP) is 11.9. The van der Waals surface area contributed by atoms with Crippen LogP contribution in [0.25, 0.3) is 22.3 Å². The summed E-state index contributed by atoms with van der Waals surface area (Å²) in [6.07, 6.45) is -9.08. The molecule has 448 valence electrons. The highest BCUT2D eigenvalue weighted by Gasteiger charge is 2.37. The van der Waals surface area contributed by atoms with Gasteiger partial charge in [-0.2, -0.15) is 26.3 Å². The van der Waals surface area contributed by atoms with E-state index in [-0.39, 0.29) is 47.8 Å². The molecule has 0 unspecified atom stereocenters. The van der Waals surface area contributed by atoms with E-state index in [4.69, 9.17) is 4.74 Å². The third-order valence-corrected chi connectivity index (χ3v) is 17.3. The summed E-state index contributed by atoms with van der Waals surface area (Å²) in [5.41, 5.74) is 6.90. The Labute approximate surface area is 500 Å². The number of aromatic nitrogens is 2. The molecule has 4 aliphatic rings. The minimum absolute atomic E-state index is 0.0502. The largest absolute Gasteiger partial charge is 0.417 e. The summed E-state index contributed by atoms with van der Waals surface area (Å²) in [4.78, 5) is 68.9. The highest BCUT2D eigenvalue weighted by Crippen LogP contribution is 2.41. The van der Waals surface area contributed by atoms with E-state index in [0.29, 0.717) is 148 Å². The number of hydrogen-bond acceptors (Lipinski definition) is 7. The van der Waals surface area contributed by atoms with E-state index in [2.05, 4.69) is 9.80 Å². The van der Waals surface area contributed by atoms with E-state index in [9.17, 15) is 45.5 Å². The highest BCUT2D eigenvalue weighted by atomic mass is 19.4. The van der Waals surface area contributed by atoms with Gasteiger partial charge >= 0.3 is 12.4 Å². The van der Waals surface area contributed by atoms with Gasteiger partial charge in [0.2, 0.25) is 0 Å². The van der Waals surface area contributed by atoms with Gasteiger partial charge in [-0.15, -0.1) is 0 Å². The van der Waals surface area contributed by atoms with Crippen LogP contribution >= 0.6 is 0 Å². The van der Waals surface area contributed by atoms with Crippen molar-refractivity contribution in [1.29, 1.82) is 0 Å². The molecule has 0 spiro atoms. The average molecular weight is 1190 g/mol. The Morgan fingerprint density at radius 3 is 1.18 bits per heavy atom. The Bertz CT molecular complexity index is 3680. The predicted molar refractivity (Wildman–Crippen MR) is 320 cm³/mol. The summed E-state index contributed by atoms with van der Waals surface area (Å²) < 4.78 is 93.8. The van der Waals surface area contributed by atoms with Crippen LogP contribution in [0.4, 0.5) is 37.7 Å². The molecule has 0 aliphatic carbocycles. The maximum atomic E-state index is 14.4. The van der Waals surface area contributed by atoms with Gasteiger partial charge in [0.1, 0.15) is 11.4 Å². The van der Waals surface area contributed by atoms with Crippen LogP contribution in [0.5, 0.6) is 0 Å². The maximum absolute atomic E-state index is 14.4. The average Bonchev–Trinajstić information content (AvgIpc) is 1.95. The molecule has 0 radical (unpaired) electrons. The van der Waals surface area contributed by atoms with E-state index in [1.54, 1.807) is 72.2 Å². The van der Waals surface area contributed by atoms with Crippen molar-refractivity contribution in [2.24, 2.45) is 0 Å². The van der Waals surface area contributed by atoms with E-state index < -0.39 is 23.5 Å². The molecule has 6 aromatic carbocycles. The van der Waals surface area contributed by atoms with Crippen LogP contribution in [-0.4, -0.2) is 131 Å². The number of ether oxygens (including phenoxy) is 1. The van der Waals surface area contributed by atoms with Crippen LogP contribution in [0, 0.1) is 13.8 Å². The quantitative estimate of drug-likeness (QED) is 0.0886. The lowest BCUT2D eigenvalue weighted by atomic mass is 9.94. The number of piperazine rings is 2. The monoisotopic (exact) mass is 1190 g/mol. The number of aryl methyl sites for hydroxylation is 2. The Morgan fingerprint density at radius 2 is 0.793 bits per heavy atom. The first-order valence-corrected chi connectivity index (χ1v) is 29.2. The number of hydrogen-bond donors (Lipinski definition) is 0. The fraction of sp³-hybridized carbons (Fsp3) is 0.294. The van der Waals surface area contributed by atoms with Gasteiger partial charge in [0.05, 0.1) is 50.5 Å². The molecule has 8 aromatic rings. The molecule has 87 heavy (non-hydrogen) atoms. The molecule has 19 heteroatoms. The lowest BCUT2D eigenvalue weighted by molar-refractivity contribution is -0.137. The number of halogens is 6. The number of rotatable bonds is 12. The van der Waals surface area contributed by atoms with E-state index in [1.807, 2.05) is 91.7 Å². The van der Waals surface area contributed by atoms with E-state index >= 15 is 0 Å². The zero-order valence-electron chi connectivity index (χ0n) is 48.2. The van der Waals surface area contributed by atoms with Crippen molar-refractivity contribution in [3.63, 3.8) is 0 Å². The molecule has 0 atom stereocenters. The minimum atomic E-state index is -4.54. The molecule has 0 saturated carbocycles. The van der Waals surface area contributed by atoms with Crippen molar-refractivity contribution in [2.45, 2.75) is 52.4 Å². The highest BCUT2D eigenvalue weighted by molar-refractivity contribution is 6.08. The Kier molecular flexibility index (Phi) is 16.3. The maximum Gasteiger partial charge on any atom is 0.417 e. The van der Waals surface area contributed by atoms with Crippen LogP contribution in [0.3, 0.4) is 0 Å². The Balaban J connectivity index is 0.604. The number of carbonyl (C=O) groups is 4. The van der Waals surface area contributed by atoms with E-state index in [1.165, 1.54) is 24.3 Å². The minimum Gasteiger partial charge on any atom is -0.379 e. The van der Waals surface area contributed by atoms with Crippen LogP contribution in [-0.2, 0) is 43.3 Å². The lowest BCUT2D eigenvalue weighted by Gasteiger charge is -2.35. The van der Waals surface area contributed by atoms with Crippen molar-refractivity contribution >= 4 is 35.0 Å². The van der Waals surface area contributed by atoms with Gasteiger partial charge in [-0.3, -0.25) is 29.0 Å². The van der Waals surface area contributed by atoms with Crippen LogP contribution < -0.4 is 9.80 Å². The fourth-order valence-electron chi connectivity index (χ4n) is 12.7. The number of fused-ring (bicyclic) bond motifs is 4. The molecule has 2 aromatic heterocycles. The van der Waals surface area contributed by atoms with Gasteiger partial charge in [0.25, 0.3) is 23.6 Å². The second kappa shape index (κ2) is 24.2. The summed E-state index contributed by atoms with van der Waals surface area (Å²) in [5.74, 6) is -0.786. The second-order valence-corrected chi connectivity index (χ2v) is 22.7. The lowest BCUT2D eigenvalue weighted by Crippen LogP contribution is -2.50. The summed E-state index contributed by atoms with van der Waals surface area (Å²) in [6.45, 7) is 11.9. The zero-order chi connectivity index (χ0) is 60.7. The smallest absolute Gasteiger partial charge is 0.379 e. The summed E-state index contributed by atoms with van der Waals surface area (Å²) in [5, 5.41) is 0. The van der Waals surface area contributed by atoms with Crippen molar-refractivity contribution in [1.82, 2.24) is 28.7 Å². The topological polar surface area (TPSA) is 107 Å². The molecule has 2 saturated heterocycles. The molecule has 12 rings (SSSR count). The van der Waals surface area contributed by atoms with E-state index in [0.717, 1.165) is 34.6 Å². The van der Waals surface area contributed by atoms with Crippen LogP contribution in [0.1, 0.15) is 86.5 Å². The van der Waals surface area contributed by atoms with Crippen LogP contribution in [0.15, 0.2) is 158 Å².